The van der Waals surface area contributed by atoms with Gasteiger partial charge in [0.1, 0.15) is 0 Å². The Balaban J connectivity index is 2.33. The lowest BCUT2D eigenvalue weighted by Crippen LogP contribution is -1.95. The molecule has 33 heavy (non-hydrogen) atoms. The minimum atomic E-state index is 0.867. The summed E-state index contributed by atoms with van der Waals surface area (Å²) in [6.07, 6.45) is 16.5. The van der Waals surface area contributed by atoms with Gasteiger partial charge in [-0.3, -0.25) is 0 Å². The molecule has 0 unspecified atom stereocenters. The van der Waals surface area contributed by atoms with Crippen LogP contribution in [0.4, 0.5) is 0 Å². The van der Waals surface area contributed by atoms with Crippen molar-refractivity contribution in [3.8, 4) is 0 Å². The van der Waals surface area contributed by atoms with Crippen molar-refractivity contribution in [1.29, 1.82) is 0 Å². The number of benzene rings is 2. The maximum absolute atomic E-state index is 9.21. The largest absolute Gasteiger partial charge is 0.348 e. The molecule has 0 N–H and O–H groups in total. The van der Waals surface area contributed by atoms with Crippen LogP contribution < -0.4 is 0 Å². The van der Waals surface area contributed by atoms with Gasteiger partial charge in [0.15, 0.2) is 0 Å². The highest BCUT2D eigenvalue weighted by molar-refractivity contribution is 5.83. The highest BCUT2D eigenvalue weighted by Crippen LogP contribution is 2.28. The van der Waals surface area contributed by atoms with E-state index >= 15 is 0 Å². The molecule has 2 nitrogen and oxygen atoms in total. The molecular formula is C31H42N2. The fraction of sp³-hybridized carbons (Fsp3) is 0.484. The van der Waals surface area contributed by atoms with Gasteiger partial charge in [-0.05, 0) is 66.0 Å². The van der Waals surface area contributed by atoms with Gasteiger partial charge in [-0.15, -0.1) is 4.79 Å². The van der Waals surface area contributed by atoms with Crippen LogP contribution in [0, 0.1) is 0 Å². The summed E-state index contributed by atoms with van der Waals surface area (Å²) in [5, 5.41) is 0. The molecule has 0 aliphatic carbocycles. The summed E-state index contributed by atoms with van der Waals surface area (Å²) < 4.78 is 0. The van der Waals surface area contributed by atoms with Crippen molar-refractivity contribution in [3.05, 3.63) is 88.0 Å². The van der Waals surface area contributed by atoms with Gasteiger partial charge in [-0.25, -0.2) is 0 Å². The average Bonchev–Trinajstić information content (AvgIpc) is 2.85. The number of rotatable bonds is 15. The normalized spacial score (nSPS) is 11.2. The Morgan fingerprint density at radius 2 is 1.39 bits per heavy atom. The van der Waals surface area contributed by atoms with Crippen molar-refractivity contribution < 1.29 is 4.79 Å². The molecule has 0 aliphatic rings. The summed E-state index contributed by atoms with van der Waals surface area (Å²) >= 11 is 0. The Kier molecular flexibility index (Phi) is 12.9. The summed E-state index contributed by atoms with van der Waals surface area (Å²) in [6, 6.07) is 17.8. The van der Waals surface area contributed by atoms with E-state index in [9.17, 15) is 5.53 Å². The molecule has 0 heterocycles. The van der Waals surface area contributed by atoms with E-state index in [0.29, 0.717) is 0 Å². The van der Waals surface area contributed by atoms with Crippen LogP contribution in [0.1, 0.15) is 107 Å². The van der Waals surface area contributed by atoms with Gasteiger partial charge in [0.25, 0.3) is 0 Å². The lowest BCUT2D eigenvalue weighted by Gasteiger charge is -2.12. The zero-order chi connectivity index (χ0) is 23.7. The summed E-state index contributed by atoms with van der Waals surface area (Å²) in [7, 11) is 0. The fourth-order valence-corrected chi connectivity index (χ4v) is 4.26. The zero-order valence-electron chi connectivity index (χ0n) is 21.1. The van der Waals surface area contributed by atoms with E-state index in [1.807, 2.05) is 0 Å². The molecule has 0 aromatic heterocycles. The van der Waals surface area contributed by atoms with Gasteiger partial charge >= 0.3 is 5.87 Å². The molecule has 0 aliphatic heterocycles. The summed E-state index contributed by atoms with van der Waals surface area (Å²) in [5.74, 6) is 2.83. The van der Waals surface area contributed by atoms with E-state index in [4.69, 9.17) is 0 Å². The molecule has 2 aromatic rings. The van der Waals surface area contributed by atoms with Crippen molar-refractivity contribution in [2.24, 2.45) is 0 Å². The van der Waals surface area contributed by atoms with E-state index in [1.165, 1.54) is 79.2 Å². The fourth-order valence-electron chi connectivity index (χ4n) is 4.26. The number of hydrogen-bond acceptors (Lipinski definition) is 0. The van der Waals surface area contributed by atoms with E-state index in [-0.39, 0.29) is 0 Å². The maximum atomic E-state index is 9.21. The first kappa shape index (κ1) is 26.6. The number of hydrogen-bond donors (Lipinski definition) is 0. The van der Waals surface area contributed by atoms with Crippen LogP contribution in [0.15, 0.2) is 60.2 Å². The number of nitrogens with zero attached hydrogens (tertiary/aromatic N) is 2. The molecule has 0 radical (unpaired) electrons. The third-order valence-corrected chi connectivity index (χ3v) is 6.27. The molecule has 0 spiro atoms. The van der Waals surface area contributed by atoms with Gasteiger partial charge in [-0.2, -0.15) is 0 Å². The Morgan fingerprint density at radius 1 is 0.788 bits per heavy atom. The Hall–Kier alpha value is -2.66. The highest BCUT2D eigenvalue weighted by atomic mass is 14.8. The monoisotopic (exact) mass is 442 g/mol. The molecule has 0 bridgehead atoms. The average molecular weight is 443 g/mol. The minimum absolute atomic E-state index is 0.867. The topological polar surface area (TPSA) is 36.4 Å². The van der Waals surface area contributed by atoms with Crippen molar-refractivity contribution in [3.63, 3.8) is 0 Å². The Bertz CT molecular complexity index is 956. The number of aryl methyl sites for hydroxylation is 2. The molecule has 2 aromatic carbocycles. The molecular weight excluding hydrogens is 400 g/mol. The van der Waals surface area contributed by atoms with Crippen LogP contribution in [0.2, 0.25) is 0 Å². The second kappa shape index (κ2) is 16.0. The predicted octanol–water partition coefficient (Wildman–Crippen LogP) is 8.99. The van der Waals surface area contributed by atoms with E-state index in [1.54, 1.807) is 0 Å². The molecule has 0 saturated heterocycles. The second-order valence-electron chi connectivity index (χ2n) is 9.02. The third kappa shape index (κ3) is 9.79. The SMILES string of the molecule is CCCCCCCCc1cccc(C(=CC(=C=[N+]=[N-])CCCCC)c2cccc(CC)c2)c1. The van der Waals surface area contributed by atoms with Crippen molar-refractivity contribution in [2.75, 3.05) is 0 Å². The summed E-state index contributed by atoms with van der Waals surface area (Å²) in [5.41, 5.74) is 16.5. The van der Waals surface area contributed by atoms with Crippen LogP contribution in [0.5, 0.6) is 0 Å². The molecule has 0 amide bonds. The first-order valence-corrected chi connectivity index (χ1v) is 13.1. The van der Waals surface area contributed by atoms with Gasteiger partial charge in [0.05, 0.1) is 5.57 Å². The minimum Gasteiger partial charge on any atom is -0.348 e. The van der Waals surface area contributed by atoms with Crippen LogP contribution in [-0.2, 0) is 12.8 Å². The quantitative estimate of drug-likeness (QED) is 0.0867. The van der Waals surface area contributed by atoms with E-state index in [0.717, 1.165) is 31.3 Å². The standard InChI is InChI=1S/C31H42N2/c1-4-7-9-10-11-13-16-27-19-15-21-30(23-27)31(29-20-14-18-26(6-3)22-29)24-28(25-33-32)17-12-8-5-2/h14-15,18-24H,4-13,16-17H2,1-3H3. The first-order valence-electron chi connectivity index (χ1n) is 13.1. The van der Waals surface area contributed by atoms with Gasteiger partial charge in [0.2, 0.25) is 0 Å². The molecule has 0 atom stereocenters. The van der Waals surface area contributed by atoms with Crippen molar-refractivity contribution >= 4 is 11.4 Å². The van der Waals surface area contributed by atoms with Gasteiger partial charge in [0, 0.05) is 0 Å². The summed E-state index contributed by atoms with van der Waals surface area (Å²) in [6.45, 7) is 6.66. The van der Waals surface area contributed by atoms with Gasteiger partial charge in [-0.1, -0.05) is 114 Å². The summed E-state index contributed by atoms with van der Waals surface area (Å²) in [4.78, 5) is 3.25. The van der Waals surface area contributed by atoms with Crippen LogP contribution >= 0.6 is 0 Å². The lowest BCUT2D eigenvalue weighted by atomic mass is 9.91. The molecule has 176 valence electrons. The highest BCUT2D eigenvalue weighted by Gasteiger charge is 2.10. The van der Waals surface area contributed by atoms with Crippen molar-refractivity contribution in [1.82, 2.24) is 0 Å². The Labute approximate surface area is 202 Å². The first-order chi connectivity index (χ1) is 16.2. The molecule has 0 saturated carbocycles. The number of unbranched alkanes of at least 4 members (excludes halogenated alkanes) is 7. The van der Waals surface area contributed by atoms with E-state index < -0.39 is 0 Å². The van der Waals surface area contributed by atoms with Crippen LogP contribution in [-0.4, -0.2) is 10.7 Å². The zero-order valence-corrected chi connectivity index (χ0v) is 21.1. The predicted molar refractivity (Wildman–Crippen MR) is 143 cm³/mol. The van der Waals surface area contributed by atoms with Crippen molar-refractivity contribution in [2.45, 2.75) is 97.8 Å². The third-order valence-electron chi connectivity index (χ3n) is 6.27. The molecule has 2 rings (SSSR count). The molecule has 2 heteroatoms. The smallest absolute Gasteiger partial charge is 0.303 e. The van der Waals surface area contributed by atoms with Crippen LogP contribution in [0.3, 0.4) is 0 Å². The number of allylic oxidation sites excluding steroid dienone is 2. The lowest BCUT2D eigenvalue weighted by molar-refractivity contribution is 0.00746. The van der Waals surface area contributed by atoms with E-state index in [2.05, 4.69) is 86.0 Å². The Morgan fingerprint density at radius 3 is 2.06 bits per heavy atom. The van der Waals surface area contributed by atoms with Gasteiger partial charge < -0.3 is 5.53 Å². The second-order valence-corrected chi connectivity index (χ2v) is 9.02. The maximum Gasteiger partial charge on any atom is 0.303 e. The molecule has 0 fully saturated rings. The van der Waals surface area contributed by atoms with Crippen LogP contribution in [0.25, 0.3) is 11.1 Å².